The lowest BCUT2D eigenvalue weighted by Gasteiger charge is -2.42. The average molecular weight is 571 g/mol. The van der Waals surface area contributed by atoms with Crippen molar-refractivity contribution in [2.75, 3.05) is 5.32 Å². The molecule has 0 atom stereocenters. The van der Waals surface area contributed by atoms with Crippen LogP contribution < -0.4 is 5.32 Å². The quantitative estimate of drug-likeness (QED) is 0.332. The Morgan fingerprint density at radius 1 is 0.611 bits per heavy atom. The molecule has 0 unspecified atom stereocenters. The largest absolute Gasteiger partial charge is 0.460 e. The second-order valence-corrected chi connectivity index (χ2v) is 6.93. The summed E-state index contributed by atoms with van der Waals surface area (Å²) >= 11 is 0. The summed E-state index contributed by atoms with van der Waals surface area (Å²) in [5.74, 6) is -63.3. The summed E-state index contributed by atoms with van der Waals surface area (Å²) in [7, 11) is 0. The molecule has 20 heteroatoms. The highest BCUT2D eigenvalue weighted by atomic mass is 19.4. The number of halogens is 18. The molecule has 0 aliphatic heterocycles. The number of anilines is 1. The van der Waals surface area contributed by atoms with E-state index in [2.05, 4.69) is 0 Å². The van der Waals surface area contributed by atoms with Crippen molar-refractivity contribution >= 4 is 11.6 Å². The highest BCUT2D eigenvalue weighted by molar-refractivity contribution is 5.97. The van der Waals surface area contributed by atoms with E-state index in [4.69, 9.17) is 0 Å². The molecule has 0 aliphatic carbocycles. The number of carbonyl (C=O) groups excluding carboxylic acids is 1. The van der Waals surface area contributed by atoms with Crippen LogP contribution in [0.4, 0.5) is 84.7 Å². The summed E-state index contributed by atoms with van der Waals surface area (Å²) in [6.07, 6.45) is -7.86. The molecule has 0 saturated carbocycles. The van der Waals surface area contributed by atoms with Gasteiger partial charge in [-0.05, 0) is 30.7 Å². The number of benzene rings is 1. The van der Waals surface area contributed by atoms with E-state index in [1.165, 1.54) is 0 Å². The van der Waals surface area contributed by atoms with Crippen molar-refractivity contribution in [3.63, 3.8) is 0 Å². The first-order chi connectivity index (χ1) is 15.6. The van der Waals surface area contributed by atoms with E-state index >= 15 is 0 Å². The fourth-order valence-corrected chi connectivity index (χ4v) is 2.27. The fourth-order valence-electron chi connectivity index (χ4n) is 2.27. The number of hydrogen-bond donors (Lipinski definition) is 1. The van der Waals surface area contributed by atoms with Crippen molar-refractivity contribution in [1.29, 1.82) is 0 Å². The number of nitrogens with one attached hydrogen (secondary N) is 1. The molecule has 1 N–H and O–H groups in total. The number of rotatable bonds is 8. The summed E-state index contributed by atoms with van der Waals surface area (Å²) in [6.45, 7) is 0.779. The van der Waals surface area contributed by atoms with Crippen molar-refractivity contribution in [2.24, 2.45) is 0 Å². The molecule has 0 heterocycles. The van der Waals surface area contributed by atoms with Crippen LogP contribution in [0.1, 0.15) is 5.56 Å². The van der Waals surface area contributed by atoms with Crippen LogP contribution in [-0.4, -0.2) is 53.5 Å². The maximum atomic E-state index is 13.8. The number of carbonyl (C=O) groups is 1. The van der Waals surface area contributed by atoms with Crippen molar-refractivity contribution in [1.82, 2.24) is 0 Å². The Kier molecular flexibility index (Phi) is 7.42. The lowest BCUT2D eigenvalue weighted by atomic mass is 9.88. The Labute approximate surface area is 186 Å². The number of amides is 1. The van der Waals surface area contributed by atoms with E-state index in [1.807, 2.05) is 0 Å². The zero-order valence-electron chi connectivity index (χ0n) is 16.4. The minimum absolute atomic E-state index is 0.331. The van der Waals surface area contributed by atoms with Gasteiger partial charge >= 0.3 is 53.5 Å². The van der Waals surface area contributed by atoms with E-state index in [1.54, 1.807) is 0 Å². The summed E-state index contributed by atoms with van der Waals surface area (Å²) in [6, 6.07) is 1.10. The zero-order chi connectivity index (χ0) is 29.1. The van der Waals surface area contributed by atoms with Gasteiger partial charge in [-0.15, -0.1) is 0 Å². The number of aryl methyl sites for hydroxylation is 1. The smallest absolute Gasteiger partial charge is 0.320 e. The van der Waals surface area contributed by atoms with E-state index in [0.29, 0.717) is 23.5 Å². The third kappa shape index (κ3) is 4.18. The summed E-state index contributed by atoms with van der Waals surface area (Å²) in [5, 5.41) is 0.702. The summed E-state index contributed by atoms with van der Waals surface area (Å²) in [4.78, 5) is 11.4. The van der Waals surface area contributed by atoms with E-state index in [0.717, 1.165) is 6.92 Å². The van der Waals surface area contributed by atoms with Crippen LogP contribution in [-0.2, 0) is 4.79 Å². The van der Waals surface area contributed by atoms with Crippen LogP contribution >= 0.6 is 0 Å². The highest BCUT2D eigenvalue weighted by Crippen LogP contribution is 2.64. The molecule has 0 fully saturated rings. The average Bonchev–Trinajstić information content (AvgIpc) is 2.68. The molecule has 1 aromatic carbocycles. The topological polar surface area (TPSA) is 29.1 Å². The van der Waals surface area contributed by atoms with Gasteiger partial charge in [-0.1, -0.05) is 0 Å². The van der Waals surface area contributed by atoms with E-state index < -0.39 is 70.6 Å². The molecule has 36 heavy (non-hydrogen) atoms. The minimum Gasteiger partial charge on any atom is -0.320 e. The maximum absolute atomic E-state index is 13.8. The first kappa shape index (κ1) is 31.5. The Hall–Kier alpha value is -2.57. The van der Waals surface area contributed by atoms with Crippen LogP contribution in [0.25, 0.3) is 0 Å². The van der Waals surface area contributed by atoms with Crippen molar-refractivity contribution in [3.8, 4) is 0 Å². The maximum Gasteiger partial charge on any atom is 0.460 e. The van der Waals surface area contributed by atoms with Gasteiger partial charge in [0.05, 0.1) is 0 Å². The van der Waals surface area contributed by atoms with Gasteiger partial charge in [-0.25, -0.2) is 4.39 Å². The lowest BCUT2D eigenvalue weighted by Crippen LogP contribution is -2.75. The normalized spacial score (nSPS) is 15.2. The third-order valence-corrected chi connectivity index (χ3v) is 4.44. The van der Waals surface area contributed by atoms with E-state index in [9.17, 15) is 83.8 Å². The Balaban J connectivity index is 3.59. The van der Waals surface area contributed by atoms with Gasteiger partial charge in [0.2, 0.25) is 0 Å². The minimum atomic E-state index is -8.79. The Morgan fingerprint density at radius 3 is 1.33 bits per heavy atom. The highest BCUT2D eigenvalue weighted by Gasteiger charge is 2.95. The molecule has 0 aromatic heterocycles. The van der Waals surface area contributed by atoms with Crippen LogP contribution in [0.2, 0.25) is 0 Å². The molecule has 0 bridgehead atoms. The van der Waals surface area contributed by atoms with Gasteiger partial charge in [-0.3, -0.25) is 4.79 Å². The molecule has 1 rings (SSSR count). The standard InChI is InChI=1S/C16H7F18NO/c1-5-4-6(17)2-3-7(5)35-8(36)9(18,19)10(20,21)11(22,23)12(24,25)13(26,27)14(28,29)15(30,31)16(32,33)34/h2-4H,1H3,(H,35,36). The predicted molar refractivity (Wildman–Crippen MR) is 80.5 cm³/mol. The second-order valence-electron chi connectivity index (χ2n) is 6.93. The molecular formula is C16H7F18NO. The van der Waals surface area contributed by atoms with Crippen molar-refractivity contribution < 1.29 is 83.8 Å². The molecule has 0 saturated heterocycles. The van der Waals surface area contributed by atoms with Gasteiger partial charge < -0.3 is 5.32 Å². The van der Waals surface area contributed by atoms with Gasteiger partial charge in [0.1, 0.15) is 5.82 Å². The molecule has 0 aliphatic rings. The summed E-state index contributed by atoms with van der Waals surface area (Å²) in [5.41, 5.74) is -1.67. The van der Waals surface area contributed by atoms with Crippen LogP contribution in [0.3, 0.4) is 0 Å². The molecule has 1 aromatic rings. The molecular weight excluding hydrogens is 564 g/mol. The Morgan fingerprint density at radius 2 is 0.972 bits per heavy atom. The van der Waals surface area contributed by atoms with Crippen LogP contribution in [0, 0.1) is 12.7 Å². The zero-order valence-corrected chi connectivity index (χ0v) is 16.4. The predicted octanol–water partition coefficient (Wildman–Crippen LogP) is 7.08. The molecule has 0 radical (unpaired) electrons. The SMILES string of the molecule is Cc1cc(F)ccc1NC(=O)C(F)(F)C(F)(F)C(F)(F)C(F)(F)C(F)(F)C(F)(F)C(F)(F)C(F)(F)F. The van der Waals surface area contributed by atoms with Gasteiger partial charge in [0.15, 0.2) is 0 Å². The van der Waals surface area contributed by atoms with Crippen LogP contribution in [0.15, 0.2) is 18.2 Å². The van der Waals surface area contributed by atoms with Crippen molar-refractivity contribution in [2.45, 2.75) is 54.6 Å². The second kappa shape index (κ2) is 8.49. The first-order valence-corrected chi connectivity index (χ1v) is 8.34. The van der Waals surface area contributed by atoms with Crippen molar-refractivity contribution in [3.05, 3.63) is 29.6 Å². The molecule has 208 valence electrons. The molecule has 0 spiro atoms. The number of alkyl halides is 17. The Bertz CT molecular complexity index is 995. The summed E-state index contributed by atoms with van der Waals surface area (Å²) < 4.78 is 237. The van der Waals surface area contributed by atoms with Gasteiger partial charge in [-0.2, -0.15) is 74.6 Å². The van der Waals surface area contributed by atoms with Crippen LogP contribution in [0.5, 0.6) is 0 Å². The van der Waals surface area contributed by atoms with E-state index in [-0.39, 0.29) is 0 Å². The van der Waals surface area contributed by atoms with Gasteiger partial charge in [0, 0.05) is 5.69 Å². The molecule has 2 nitrogen and oxygen atoms in total. The monoisotopic (exact) mass is 571 g/mol. The number of hydrogen-bond acceptors (Lipinski definition) is 1. The fraction of sp³-hybridized carbons (Fsp3) is 0.562. The first-order valence-electron chi connectivity index (χ1n) is 8.34. The van der Waals surface area contributed by atoms with Gasteiger partial charge in [0.25, 0.3) is 0 Å². The lowest BCUT2D eigenvalue weighted by molar-refractivity contribution is -0.459. The molecule has 1 amide bonds. The third-order valence-electron chi connectivity index (χ3n) is 4.44.